The molecule has 0 radical (unpaired) electrons. The zero-order valence-corrected chi connectivity index (χ0v) is 16.4. The predicted octanol–water partition coefficient (Wildman–Crippen LogP) is 3.55. The molecule has 3 rings (SSSR count). The monoisotopic (exact) mass is 408 g/mol. The van der Waals surface area contributed by atoms with E-state index >= 15 is 0 Å². The second-order valence-electron chi connectivity index (χ2n) is 6.52. The zero-order chi connectivity index (χ0) is 21.3. The second-order valence-corrected chi connectivity index (χ2v) is 6.52. The van der Waals surface area contributed by atoms with Crippen LogP contribution in [0, 0.1) is 12.7 Å². The maximum Gasteiger partial charge on any atom is 0.276 e. The Morgan fingerprint density at radius 3 is 2.43 bits per heavy atom. The standard InChI is InChI=1S/C23H21FN2O4/c1-16-5-4-6-19(13-16)29-15-22(27)25-26-23(28)20-7-2-3-8-21(20)30-14-17-9-11-18(24)12-10-17/h2-13H,14-15H2,1H3,(H,25,27)(H,26,28). The molecule has 0 atom stereocenters. The number of hydrogen-bond acceptors (Lipinski definition) is 4. The zero-order valence-electron chi connectivity index (χ0n) is 16.4. The highest BCUT2D eigenvalue weighted by Gasteiger charge is 2.13. The van der Waals surface area contributed by atoms with E-state index in [1.54, 1.807) is 48.5 Å². The molecule has 0 aromatic heterocycles. The number of ether oxygens (including phenoxy) is 2. The largest absolute Gasteiger partial charge is 0.488 e. The smallest absolute Gasteiger partial charge is 0.276 e. The third-order valence-electron chi connectivity index (χ3n) is 4.11. The van der Waals surface area contributed by atoms with Gasteiger partial charge < -0.3 is 9.47 Å². The van der Waals surface area contributed by atoms with Gasteiger partial charge in [-0.25, -0.2) is 4.39 Å². The Balaban J connectivity index is 1.52. The number of para-hydroxylation sites is 1. The van der Waals surface area contributed by atoms with E-state index in [-0.39, 0.29) is 24.6 Å². The van der Waals surface area contributed by atoms with Crippen molar-refractivity contribution < 1.29 is 23.5 Å². The molecule has 0 bridgehead atoms. The van der Waals surface area contributed by atoms with Crippen LogP contribution in [0.1, 0.15) is 21.5 Å². The Hall–Kier alpha value is -3.87. The molecular weight excluding hydrogens is 387 g/mol. The van der Waals surface area contributed by atoms with Gasteiger partial charge in [0.15, 0.2) is 6.61 Å². The second kappa shape index (κ2) is 10.1. The first-order chi connectivity index (χ1) is 14.5. The van der Waals surface area contributed by atoms with E-state index in [4.69, 9.17) is 9.47 Å². The van der Waals surface area contributed by atoms with E-state index < -0.39 is 11.8 Å². The van der Waals surface area contributed by atoms with Crippen molar-refractivity contribution in [3.63, 3.8) is 0 Å². The molecule has 0 aliphatic carbocycles. The van der Waals surface area contributed by atoms with Crippen LogP contribution in [0.25, 0.3) is 0 Å². The molecule has 3 aromatic carbocycles. The van der Waals surface area contributed by atoms with Gasteiger partial charge in [0.05, 0.1) is 5.56 Å². The number of carbonyl (C=O) groups is 2. The molecule has 2 amide bonds. The van der Waals surface area contributed by atoms with E-state index in [9.17, 15) is 14.0 Å². The lowest BCUT2D eigenvalue weighted by Gasteiger charge is -2.13. The van der Waals surface area contributed by atoms with Crippen LogP contribution in [0.4, 0.5) is 4.39 Å². The Labute approximate surface area is 173 Å². The molecule has 0 heterocycles. The Kier molecular flexibility index (Phi) is 7.00. The maximum absolute atomic E-state index is 13.0. The molecule has 3 aromatic rings. The van der Waals surface area contributed by atoms with Crippen molar-refractivity contribution >= 4 is 11.8 Å². The van der Waals surface area contributed by atoms with Crippen molar-refractivity contribution in [2.45, 2.75) is 13.5 Å². The molecule has 0 saturated heterocycles. The molecule has 0 saturated carbocycles. The van der Waals surface area contributed by atoms with Crippen LogP contribution in [0.3, 0.4) is 0 Å². The number of amides is 2. The van der Waals surface area contributed by atoms with Crippen LogP contribution < -0.4 is 20.3 Å². The van der Waals surface area contributed by atoms with Crippen molar-refractivity contribution in [1.82, 2.24) is 10.9 Å². The molecule has 0 fully saturated rings. The Bertz CT molecular complexity index is 1020. The first-order valence-corrected chi connectivity index (χ1v) is 9.26. The van der Waals surface area contributed by atoms with Gasteiger partial charge >= 0.3 is 0 Å². The lowest BCUT2D eigenvalue weighted by molar-refractivity contribution is -0.123. The molecular formula is C23H21FN2O4. The summed E-state index contributed by atoms with van der Waals surface area (Å²) in [6, 6.07) is 19.8. The van der Waals surface area contributed by atoms with E-state index in [1.807, 2.05) is 19.1 Å². The number of rotatable bonds is 7. The fraction of sp³-hybridized carbons (Fsp3) is 0.130. The summed E-state index contributed by atoms with van der Waals surface area (Å²) in [4.78, 5) is 24.4. The highest BCUT2D eigenvalue weighted by molar-refractivity contribution is 5.97. The summed E-state index contributed by atoms with van der Waals surface area (Å²) in [6.07, 6.45) is 0. The quantitative estimate of drug-likeness (QED) is 0.586. The molecule has 0 aliphatic rings. The van der Waals surface area contributed by atoms with Crippen molar-refractivity contribution in [3.8, 4) is 11.5 Å². The van der Waals surface area contributed by atoms with Gasteiger partial charge in [0.2, 0.25) is 0 Å². The molecule has 30 heavy (non-hydrogen) atoms. The minimum Gasteiger partial charge on any atom is -0.488 e. The average molecular weight is 408 g/mol. The predicted molar refractivity (Wildman–Crippen MR) is 109 cm³/mol. The van der Waals surface area contributed by atoms with Crippen LogP contribution in [-0.2, 0) is 11.4 Å². The summed E-state index contributed by atoms with van der Waals surface area (Å²) < 4.78 is 24.1. The van der Waals surface area contributed by atoms with Gasteiger partial charge in [-0.3, -0.25) is 20.4 Å². The minimum atomic E-state index is -0.534. The molecule has 7 heteroatoms. The van der Waals surface area contributed by atoms with Gasteiger partial charge in [0.1, 0.15) is 23.9 Å². The molecule has 0 aliphatic heterocycles. The first kappa shape index (κ1) is 20.9. The fourth-order valence-corrected chi connectivity index (χ4v) is 2.61. The van der Waals surface area contributed by atoms with Gasteiger partial charge in [0.25, 0.3) is 11.8 Å². The van der Waals surface area contributed by atoms with Crippen molar-refractivity contribution in [2.24, 2.45) is 0 Å². The SMILES string of the molecule is Cc1cccc(OCC(=O)NNC(=O)c2ccccc2OCc2ccc(F)cc2)c1. The lowest BCUT2D eigenvalue weighted by atomic mass is 10.2. The summed E-state index contributed by atoms with van der Waals surface area (Å²) in [5.41, 5.74) is 6.68. The third kappa shape index (κ3) is 6.07. The number of benzene rings is 3. The number of halogens is 1. The lowest BCUT2D eigenvalue weighted by Crippen LogP contribution is -2.43. The Morgan fingerprint density at radius 2 is 1.67 bits per heavy atom. The number of carbonyl (C=O) groups excluding carboxylic acids is 2. The van der Waals surface area contributed by atoms with Gasteiger partial charge in [-0.15, -0.1) is 0 Å². The van der Waals surface area contributed by atoms with Gasteiger partial charge in [-0.2, -0.15) is 0 Å². The summed E-state index contributed by atoms with van der Waals surface area (Å²) in [5.74, 6) is -0.468. The van der Waals surface area contributed by atoms with Crippen LogP contribution in [0.2, 0.25) is 0 Å². The summed E-state index contributed by atoms with van der Waals surface area (Å²) in [6.45, 7) is 1.84. The number of hydrazine groups is 1. The highest BCUT2D eigenvalue weighted by atomic mass is 19.1. The summed E-state index contributed by atoms with van der Waals surface area (Å²) >= 11 is 0. The minimum absolute atomic E-state index is 0.168. The van der Waals surface area contributed by atoms with Crippen molar-refractivity contribution in [1.29, 1.82) is 0 Å². The van der Waals surface area contributed by atoms with Crippen LogP contribution >= 0.6 is 0 Å². The van der Waals surface area contributed by atoms with E-state index in [0.29, 0.717) is 11.5 Å². The van der Waals surface area contributed by atoms with E-state index in [1.165, 1.54) is 12.1 Å². The number of hydrogen-bond donors (Lipinski definition) is 2. The van der Waals surface area contributed by atoms with E-state index in [2.05, 4.69) is 10.9 Å². The maximum atomic E-state index is 13.0. The third-order valence-corrected chi connectivity index (χ3v) is 4.11. The molecule has 0 spiro atoms. The van der Waals surface area contributed by atoms with Crippen molar-refractivity contribution in [3.05, 3.63) is 95.3 Å². The molecule has 2 N–H and O–H groups in total. The number of aryl methyl sites for hydroxylation is 1. The van der Waals surface area contributed by atoms with Crippen LogP contribution in [0.15, 0.2) is 72.8 Å². The molecule has 154 valence electrons. The molecule has 0 unspecified atom stereocenters. The summed E-state index contributed by atoms with van der Waals surface area (Å²) in [7, 11) is 0. The topological polar surface area (TPSA) is 76.7 Å². The Morgan fingerprint density at radius 1 is 0.900 bits per heavy atom. The van der Waals surface area contributed by atoms with Gasteiger partial charge in [0, 0.05) is 0 Å². The van der Waals surface area contributed by atoms with Gasteiger partial charge in [-0.1, -0.05) is 36.4 Å². The van der Waals surface area contributed by atoms with Gasteiger partial charge in [-0.05, 0) is 54.4 Å². The normalized spacial score (nSPS) is 10.2. The summed E-state index contributed by atoms with van der Waals surface area (Å²) in [5, 5.41) is 0. The fourth-order valence-electron chi connectivity index (χ4n) is 2.61. The number of nitrogens with one attached hydrogen (secondary N) is 2. The average Bonchev–Trinajstić information content (AvgIpc) is 2.76. The van der Waals surface area contributed by atoms with Crippen LogP contribution in [0.5, 0.6) is 11.5 Å². The van der Waals surface area contributed by atoms with Crippen molar-refractivity contribution in [2.75, 3.05) is 6.61 Å². The first-order valence-electron chi connectivity index (χ1n) is 9.26. The molecule has 6 nitrogen and oxygen atoms in total. The highest BCUT2D eigenvalue weighted by Crippen LogP contribution is 2.19. The van der Waals surface area contributed by atoms with E-state index in [0.717, 1.165) is 11.1 Å². The van der Waals surface area contributed by atoms with Crippen LogP contribution in [-0.4, -0.2) is 18.4 Å².